The third-order valence-corrected chi connectivity index (χ3v) is 5.82. The fraction of sp³-hybridized carbons (Fsp3) is 0.632. The molecular weight excluding hydrogens is 334 g/mol. The fourth-order valence-electron chi connectivity index (χ4n) is 4.51. The first-order valence-corrected chi connectivity index (χ1v) is 9.34. The summed E-state index contributed by atoms with van der Waals surface area (Å²) in [6.45, 7) is 2.71. The van der Waals surface area contributed by atoms with Gasteiger partial charge in [-0.1, -0.05) is 0 Å². The Morgan fingerprint density at radius 2 is 2.31 bits per heavy atom. The van der Waals surface area contributed by atoms with Crippen molar-refractivity contribution in [3.63, 3.8) is 0 Å². The van der Waals surface area contributed by atoms with E-state index in [0.29, 0.717) is 37.6 Å². The smallest absolute Gasteiger partial charge is 0.259 e. The Labute approximate surface area is 153 Å². The predicted molar refractivity (Wildman–Crippen MR) is 94.0 cm³/mol. The number of carbonyl (C=O) groups is 2. The summed E-state index contributed by atoms with van der Waals surface area (Å²) in [5.41, 5.74) is 0.144. The molecule has 26 heavy (non-hydrogen) atoms. The maximum atomic E-state index is 12.9. The van der Waals surface area contributed by atoms with E-state index in [1.54, 1.807) is 18.3 Å². The summed E-state index contributed by atoms with van der Waals surface area (Å²) in [5.74, 6) is 0.538. The van der Waals surface area contributed by atoms with Crippen LogP contribution in [0, 0.1) is 0 Å². The third-order valence-electron chi connectivity index (χ3n) is 5.82. The summed E-state index contributed by atoms with van der Waals surface area (Å²) in [6.07, 6.45) is 5.73. The Morgan fingerprint density at radius 3 is 3.08 bits per heavy atom. The van der Waals surface area contributed by atoms with Crippen molar-refractivity contribution in [1.29, 1.82) is 0 Å². The molecule has 4 heterocycles. The maximum absolute atomic E-state index is 12.9. The highest BCUT2D eigenvalue weighted by Crippen LogP contribution is 2.37. The SMILES string of the molecule is COc1ncccc1C(=O)N1CC[C@]2(C[C@H](N3CCCC3=O)CCO2)C1. The van der Waals surface area contributed by atoms with Gasteiger partial charge >= 0.3 is 0 Å². The van der Waals surface area contributed by atoms with E-state index in [2.05, 4.69) is 4.98 Å². The molecule has 0 aliphatic carbocycles. The van der Waals surface area contributed by atoms with Crippen LogP contribution in [0.3, 0.4) is 0 Å². The van der Waals surface area contributed by atoms with Crippen LogP contribution in [0.4, 0.5) is 0 Å². The van der Waals surface area contributed by atoms with Gasteiger partial charge in [0.15, 0.2) is 0 Å². The maximum Gasteiger partial charge on any atom is 0.259 e. The molecule has 2 amide bonds. The van der Waals surface area contributed by atoms with Crippen molar-refractivity contribution in [1.82, 2.24) is 14.8 Å². The standard InChI is InChI=1S/C19H25N3O4/c1-25-17-15(4-2-8-20-17)18(24)21-10-7-19(13-21)12-14(6-11-26-19)22-9-3-5-16(22)23/h2,4,8,14H,3,5-7,9-13H2,1H3/t14-,19+/m1/s1. The number of nitrogens with zero attached hydrogens (tertiary/aromatic N) is 3. The average Bonchev–Trinajstić information content (AvgIpc) is 3.28. The third kappa shape index (κ3) is 3.05. The molecule has 2 atom stereocenters. The van der Waals surface area contributed by atoms with E-state index >= 15 is 0 Å². The first-order chi connectivity index (χ1) is 12.6. The molecule has 0 unspecified atom stereocenters. The van der Waals surface area contributed by atoms with Gasteiger partial charge in [-0.2, -0.15) is 0 Å². The van der Waals surface area contributed by atoms with Crippen molar-refractivity contribution < 1.29 is 19.1 Å². The van der Waals surface area contributed by atoms with E-state index in [0.717, 1.165) is 32.2 Å². The zero-order chi connectivity index (χ0) is 18.1. The van der Waals surface area contributed by atoms with Gasteiger partial charge in [-0.15, -0.1) is 0 Å². The average molecular weight is 359 g/mol. The van der Waals surface area contributed by atoms with Crippen LogP contribution in [-0.2, 0) is 9.53 Å². The molecule has 1 aromatic rings. The van der Waals surface area contributed by atoms with E-state index in [-0.39, 0.29) is 23.5 Å². The van der Waals surface area contributed by atoms with E-state index in [9.17, 15) is 9.59 Å². The molecule has 0 radical (unpaired) electrons. The second kappa shape index (κ2) is 6.87. The van der Waals surface area contributed by atoms with Gasteiger partial charge in [-0.3, -0.25) is 9.59 Å². The lowest BCUT2D eigenvalue weighted by molar-refractivity contribution is -0.137. The molecule has 3 saturated heterocycles. The number of methoxy groups -OCH3 is 1. The number of carbonyl (C=O) groups excluding carboxylic acids is 2. The van der Waals surface area contributed by atoms with Crippen LogP contribution >= 0.6 is 0 Å². The lowest BCUT2D eigenvalue weighted by Gasteiger charge is -2.41. The van der Waals surface area contributed by atoms with E-state index in [1.807, 2.05) is 9.80 Å². The first-order valence-electron chi connectivity index (χ1n) is 9.34. The number of likely N-dealkylation sites (tertiary alicyclic amines) is 2. The van der Waals surface area contributed by atoms with Gasteiger partial charge in [0.25, 0.3) is 5.91 Å². The molecule has 1 spiro atoms. The highest BCUT2D eigenvalue weighted by atomic mass is 16.5. The molecule has 0 bridgehead atoms. The minimum Gasteiger partial charge on any atom is -0.480 e. The van der Waals surface area contributed by atoms with Gasteiger partial charge in [0.1, 0.15) is 5.56 Å². The fourth-order valence-corrected chi connectivity index (χ4v) is 4.51. The Bertz CT molecular complexity index is 710. The number of pyridine rings is 1. The second-order valence-electron chi connectivity index (χ2n) is 7.41. The minimum atomic E-state index is -0.336. The molecule has 7 nitrogen and oxygen atoms in total. The predicted octanol–water partition coefficient (Wildman–Crippen LogP) is 1.48. The van der Waals surface area contributed by atoms with Crippen LogP contribution in [0.5, 0.6) is 5.88 Å². The zero-order valence-electron chi connectivity index (χ0n) is 15.1. The number of hydrogen-bond donors (Lipinski definition) is 0. The van der Waals surface area contributed by atoms with Gasteiger partial charge in [0, 0.05) is 38.4 Å². The molecule has 3 aliphatic rings. The summed E-state index contributed by atoms with van der Waals surface area (Å²) in [4.78, 5) is 33.0. The summed E-state index contributed by atoms with van der Waals surface area (Å²) < 4.78 is 11.4. The molecule has 4 rings (SSSR count). The Morgan fingerprint density at radius 1 is 1.42 bits per heavy atom. The van der Waals surface area contributed by atoms with E-state index < -0.39 is 0 Å². The lowest BCUT2D eigenvalue weighted by atomic mass is 9.89. The summed E-state index contributed by atoms with van der Waals surface area (Å²) in [6, 6.07) is 3.72. The zero-order valence-corrected chi connectivity index (χ0v) is 15.1. The quantitative estimate of drug-likeness (QED) is 0.817. The molecule has 1 aromatic heterocycles. The van der Waals surface area contributed by atoms with Gasteiger partial charge in [-0.25, -0.2) is 4.98 Å². The molecule has 3 fully saturated rings. The summed E-state index contributed by atoms with van der Waals surface area (Å²) in [5, 5.41) is 0. The van der Waals surface area contributed by atoms with E-state index in [1.165, 1.54) is 7.11 Å². The van der Waals surface area contributed by atoms with Crippen molar-refractivity contribution in [3.8, 4) is 5.88 Å². The number of aromatic nitrogens is 1. The summed E-state index contributed by atoms with van der Waals surface area (Å²) >= 11 is 0. The van der Waals surface area contributed by atoms with Crippen LogP contribution in [0.15, 0.2) is 18.3 Å². The van der Waals surface area contributed by atoms with E-state index in [4.69, 9.17) is 9.47 Å². The Kier molecular flexibility index (Phi) is 4.56. The van der Waals surface area contributed by atoms with Gasteiger partial charge in [-0.05, 0) is 37.8 Å². The van der Waals surface area contributed by atoms with Gasteiger partial charge in [0.05, 0.1) is 19.3 Å². The van der Waals surface area contributed by atoms with Crippen LogP contribution in [0.25, 0.3) is 0 Å². The van der Waals surface area contributed by atoms with Crippen LogP contribution in [-0.4, -0.2) is 71.6 Å². The molecular formula is C19H25N3O4. The molecule has 0 saturated carbocycles. The largest absolute Gasteiger partial charge is 0.480 e. The lowest BCUT2D eigenvalue weighted by Crippen LogP contribution is -2.50. The summed E-state index contributed by atoms with van der Waals surface area (Å²) in [7, 11) is 1.52. The molecule has 140 valence electrons. The van der Waals surface area contributed by atoms with Crippen LogP contribution < -0.4 is 4.74 Å². The topological polar surface area (TPSA) is 72.0 Å². The number of hydrogen-bond acceptors (Lipinski definition) is 5. The van der Waals surface area contributed by atoms with Crippen molar-refractivity contribution in [3.05, 3.63) is 23.9 Å². The first kappa shape index (κ1) is 17.3. The molecule has 0 aromatic carbocycles. The normalized spacial score (nSPS) is 28.8. The minimum absolute atomic E-state index is 0.0743. The van der Waals surface area contributed by atoms with Crippen molar-refractivity contribution >= 4 is 11.8 Å². The Hall–Kier alpha value is -2.15. The van der Waals surface area contributed by atoms with Crippen LogP contribution in [0.2, 0.25) is 0 Å². The monoisotopic (exact) mass is 359 g/mol. The number of amides is 2. The van der Waals surface area contributed by atoms with Crippen molar-refractivity contribution in [2.24, 2.45) is 0 Å². The molecule has 3 aliphatic heterocycles. The van der Waals surface area contributed by atoms with Gasteiger partial charge in [0.2, 0.25) is 11.8 Å². The highest BCUT2D eigenvalue weighted by Gasteiger charge is 2.47. The number of rotatable bonds is 3. The van der Waals surface area contributed by atoms with Crippen molar-refractivity contribution in [2.75, 3.05) is 33.4 Å². The highest BCUT2D eigenvalue weighted by molar-refractivity contribution is 5.96. The second-order valence-corrected chi connectivity index (χ2v) is 7.41. The molecule has 0 N–H and O–H groups in total. The van der Waals surface area contributed by atoms with Crippen LogP contribution in [0.1, 0.15) is 42.5 Å². The molecule has 7 heteroatoms. The number of ether oxygens (including phenoxy) is 2. The Balaban J connectivity index is 1.47. The van der Waals surface area contributed by atoms with Gasteiger partial charge < -0.3 is 19.3 Å². The van der Waals surface area contributed by atoms with Crippen molar-refractivity contribution in [2.45, 2.75) is 43.7 Å².